The Morgan fingerprint density at radius 1 is 1.03 bits per heavy atom. The van der Waals surface area contributed by atoms with Crippen LogP contribution in [0.4, 0.5) is 0 Å². The van der Waals surface area contributed by atoms with Crippen molar-refractivity contribution in [1.82, 2.24) is 15.0 Å². The van der Waals surface area contributed by atoms with Crippen LogP contribution in [0.2, 0.25) is 0 Å². The number of carbonyl (C=O) groups is 1. The molecule has 1 fully saturated rings. The lowest BCUT2D eigenvalue weighted by Crippen LogP contribution is -2.17. The van der Waals surface area contributed by atoms with Crippen LogP contribution in [-0.4, -0.2) is 28.0 Å². The average molecular weight is 504 g/mol. The van der Waals surface area contributed by atoms with E-state index in [1.165, 1.54) is 12.7 Å². The van der Waals surface area contributed by atoms with Gasteiger partial charge in [-0.15, -0.1) is 0 Å². The molecule has 2 aromatic heterocycles. The molecule has 33 heavy (non-hydrogen) atoms. The number of hydrogen-bond acceptors (Lipinski definition) is 4. The van der Waals surface area contributed by atoms with Gasteiger partial charge in [0.1, 0.15) is 5.69 Å². The molecule has 4 aromatic rings. The largest absolute Gasteiger partial charge is 0.469 e. The zero-order valence-corrected chi connectivity index (χ0v) is 20.1. The maximum atomic E-state index is 11.5. The highest BCUT2D eigenvalue weighted by atomic mass is 79.9. The molecule has 2 aromatic carbocycles. The number of nitrogens with zero attached hydrogens (tertiary/aromatic N) is 2. The lowest BCUT2D eigenvalue weighted by atomic mass is 9.77. The molecule has 0 radical (unpaired) electrons. The molecule has 0 atom stereocenters. The summed E-state index contributed by atoms with van der Waals surface area (Å²) >= 11 is 3.50. The third-order valence-corrected chi connectivity index (χ3v) is 7.19. The minimum Gasteiger partial charge on any atom is -0.469 e. The second-order valence-corrected chi connectivity index (χ2v) is 9.71. The number of ether oxygens (including phenoxy) is 1. The number of nitrogens with one attached hydrogen (secondary N) is 1. The lowest BCUT2D eigenvalue weighted by Gasteiger charge is -2.28. The standard InChI is InChI=1S/C27H26BrN3O2/c1-33-26(32)14-17-2-4-18(5-3-17)19-6-8-20(9-7-19)21-10-12-24(29-16-21)27-30-23-13-11-22(28)15-25(23)31-27/h6-13,15-18H,2-5,14H2,1H3,(H,30,31). The molecule has 5 nitrogen and oxygen atoms in total. The summed E-state index contributed by atoms with van der Waals surface area (Å²) in [4.78, 5) is 24.2. The van der Waals surface area contributed by atoms with Gasteiger partial charge < -0.3 is 9.72 Å². The van der Waals surface area contributed by atoms with Crippen molar-refractivity contribution in [3.63, 3.8) is 0 Å². The number of carbonyl (C=O) groups excluding carboxylic acids is 1. The molecule has 0 unspecified atom stereocenters. The van der Waals surface area contributed by atoms with Crippen molar-refractivity contribution >= 4 is 32.9 Å². The summed E-state index contributed by atoms with van der Waals surface area (Å²) in [7, 11) is 1.47. The molecule has 0 aliphatic heterocycles. The molecule has 2 heterocycles. The minimum absolute atomic E-state index is 0.0872. The number of halogens is 1. The van der Waals surface area contributed by atoms with Gasteiger partial charge in [-0.2, -0.15) is 0 Å². The van der Waals surface area contributed by atoms with Crippen LogP contribution in [0.5, 0.6) is 0 Å². The third kappa shape index (κ3) is 4.86. The highest BCUT2D eigenvalue weighted by Gasteiger charge is 2.24. The summed E-state index contributed by atoms with van der Waals surface area (Å²) in [6, 6.07) is 19.0. The fourth-order valence-corrected chi connectivity index (χ4v) is 5.14. The van der Waals surface area contributed by atoms with Gasteiger partial charge >= 0.3 is 5.97 Å². The van der Waals surface area contributed by atoms with Gasteiger partial charge in [0.15, 0.2) is 5.82 Å². The number of hydrogen-bond donors (Lipinski definition) is 1. The maximum absolute atomic E-state index is 11.5. The highest BCUT2D eigenvalue weighted by molar-refractivity contribution is 9.10. The van der Waals surface area contributed by atoms with E-state index in [0.717, 1.165) is 63.8 Å². The Balaban J connectivity index is 1.25. The van der Waals surface area contributed by atoms with Crippen LogP contribution in [0.15, 0.2) is 65.3 Å². The predicted octanol–water partition coefficient (Wildman–Crippen LogP) is 6.89. The first-order valence-corrected chi connectivity index (χ1v) is 12.2. The summed E-state index contributed by atoms with van der Waals surface area (Å²) in [6.07, 6.45) is 6.90. The molecule has 1 aliphatic carbocycles. The van der Waals surface area contributed by atoms with Crippen molar-refractivity contribution < 1.29 is 9.53 Å². The number of benzene rings is 2. The Hall–Kier alpha value is -2.99. The smallest absolute Gasteiger partial charge is 0.305 e. The fourth-order valence-electron chi connectivity index (χ4n) is 4.77. The molecule has 0 saturated heterocycles. The number of imidazole rings is 1. The minimum atomic E-state index is -0.0872. The second kappa shape index (κ2) is 9.48. The van der Waals surface area contributed by atoms with E-state index in [4.69, 9.17) is 4.74 Å². The van der Waals surface area contributed by atoms with Crippen molar-refractivity contribution in [3.8, 4) is 22.6 Å². The number of aromatic amines is 1. The summed E-state index contributed by atoms with van der Waals surface area (Å²) in [6.45, 7) is 0. The SMILES string of the molecule is COC(=O)CC1CCC(c2ccc(-c3ccc(-c4nc5ccc(Br)cc5[nH]4)nc3)cc2)CC1. The third-order valence-electron chi connectivity index (χ3n) is 6.70. The van der Waals surface area contributed by atoms with E-state index in [1.807, 2.05) is 30.5 Å². The molecule has 168 valence electrons. The molecule has 0 spiro atoms. The summed E-state index contributed by atoms with van der Waals surface area (Å²) in [5.74, 6) is 1.72. The maximum Gasteiger partial charge on any atom is 0.305 e. The number of aromatic nitrogens is 3. The van der Waals surface area contributed by atoms with E-state index in [9.17, 15) is 4.79 Å². The molecular formula is C27H26BrN3O2. The molecule has 1 saturated carbocycles. The number of esters is 1. The van der Waals surface area contributed by atoms with Crippen LogP contribution < -0.4 is 0 Å². The van der Waals surface area contributed by atoms with Gasteiger partial charge in [0.05, 0.1) is 18.1 Å². The van der Waals surface area contributed by atoms with Gasteiger partial charge in [0.2, 0.25) is 0 Å². The number of pyridine rings is 1. The Morgan fingerprint density at radius 3 is 2.48 bits per heavy atom. The van der Waals surface area contributed by atoms with Crippen LogP contribution >= 0.6 is 15.9 Å². The molecule has 0 bridgehead atoms. The molecule has 6 heteroatoms. The number of methoxy groups -OCH3 is 1. The van der Waals surface area contributed by atoms with Crippen molar-refractivity contribution in [2.24, 2.45) is 5.92 Å². The summed E-state index contributed by atoms with van der Waals surface area (Å²) in [5.41, 5.74) is 6.37. The van der Waals surface area contributed by atoms with E-state index in [1.54, 1.807) is 0 Å². The van der Waals surface area contributed by atoms with Crippen LogP contribution in [-0.2, 0) is 9.53 Å². The zero-order valence-electron chi connectivity index (χ0n) is 18.6. The number of H-pyrrole nitrogens is 1. The van der Waals surface area contributed by atoms with E-state index in [2.05, 4.69) is 61.2 Å². The van der Waals surface area contributed by atoms with Crippen LogP contribution in [0, 0.1) is 5.92 Å². The van der Waals surface area contributed by atoms with Crippen LogP contribution in [0.25, 0.3) is 33.7 Å². The first-order valence-electron chi connectivity index (χ1n) is 11.4. The average Bonchev–Trinajstić information content (AvgIpc) is 3.28. The lowest BCUT2D eigenvalue weighted by molar-refractivity contribution is -0.142. The molecular weight excluding hydrogens is 478 g/mol. The topological polar surface area (TPSA) is 67.9 Å². The summed E-state index contributed by atoms with van der Waals surface area (Å²) < 4.78 is 5.84. The summed E-state index contributed by atoms with van der Waals surface area (Å²) in [5, 5.41) is 0. The quantitative estimate of drug-likeness (QED) is 0.301. The normalized spacial score (nSPS) is 18.4. The van der Waals surface area contributed by atoms with Crippen molar-refractivity contribution in [1.29, 1.82) is 0 Å². The zero-order chi connectivity index (χ0) is 22.8. The Morgan fingerprint density at radius 2 is 1.79 bits per heavy atom. The molecule has 1 N–H and O–H groups in total. The van der Waals surface area contributed by atoms with Gasteiger partial charge in [0.25, 0.3) is 0 Å². The highest BCUT2D eigenvalue weighted by Crippen LogP contribution is 2.37. The van der Waals surface area contributed by atoms with E-state index in [-0.39, 0.29) is 5.97 Å². The second-order valence-electron chi connectivity index (χ2n) is 8.80. The first-order chi connectivity index (χ1) is 16.1. The van der Waals surface area contributed by atoms with Crippen molar-refractivity contribution in [3.05, 3.63) is 70.8 Å². The van der Waals surface area contributed by atoms with Gasteiger partial charge in [0, 0.05) is 22.7 Å². The van der Waals surface area contributed by atoms with Gasteiger partial charge in [-0.1, -0.05) is 46.3 Å². The Labute approximate surface area is 201 Å². The Kier molecular flexibility index (Phi) is 6.27. The fraction of sp³-hybridized carbons (Fsp3) is 0.296. The van der Waals surface area contributed by atoms with Crippen LogP contribution in [0.3, 0.4) is 0 Å². The van der Waals surface area contributed by atoms with Crippen LogP contribution in [0.1, 0.15) is 43.6 Å². The van der Waals surface area contributed by atoms with Crippen molar-refractivity contribution in [2.45, 2.75) is 38.0 Å². The number of rotatable bonds is 5. The van der Waals surface area contributed by atoms with Gasteiger partial charge in [-0.05, 0) is 72.9 Å². The Bertz CT molecular complexity index is 1260. The molecule has 5 rings (SSSR count). The molecule has 0 amide bonds. The predicted molar refractivity (Wildman–Crippen MR) is 134 cm³/mol. The van der Waals surface area contributed by atoms with E-state index >= 15 is 0 Å². The first kappa shape index (κ1) is 21.8. The number of fused-ring (bicyclic) bond motifs is 1. The van der Waals surface area contributed by atoms with Gasteiger partial charge in [-0.25, -0.2) is 4.98 Å². The van der Waals surface area contributed by atoms with E-state index in [0.29, 0.717) is 18.3 Å². The monoisotopic (exact) mass is 503 g/mol. The van der Waals surface area contributed by atoms with Crippen molar-refractivity contribution in [2.75, 3.05) is 7.11 Å². The van der Waals surface area contributed by atoms with Gasteiger partial charge in [-0.3, -0.25) is 9.78 Å². The molecule has 1 aliphatic rings. The van der Waals surface area contributed by atoms with E-state index < -0.39 is 0 Å².